The number of aryl methyl sites for hydroxylation is 1. The van der Waals surface area contributed by atoms with Gasteiger partial charge >= 0.3 is 0 Å². The van der Waals surface area contributed by atoms with E-state index < -0.39 is 5.91 Å². The molecule has 1 heterocycles. The van der Waals surface area contributed by atoms with E-state index in [9.17, 15) is 4.79 Å². The third kappa shape index (κ3) is 3.40. The van der Waals surface area contributed by atoms with Gasteiger partial charge in [0.1, 0.15) is 0 Å². The lowest BCUT2D eigenvalue weighted by Gasteiger charge is -2.43. The number of nitrogen functional groups attached to an aromatic ring is 1. The first-order valence-electron chi connectivity index (χ1n) is 9.05. The summed E-state index contributed by atoms with van der Waals surface area (Å²) in [6.45, 7) is 8.41. The van der Waals surface area contributed by atoms with Crippen molar-refractivity contribution in [3.05, 3.63) is 47.5 Å². The molecule has 1 fully saturated rings. The molecule has 2 unspecified atom stereocenters. The van der Waals surface area contributed by atoms with Gasteiger partial charge in [-0.15, -0.1) is 0 Å². The average molecular weight is 352 g/mol. The van der Waals surface area contributed by atoms with Crippen molar-refractivity contribution in [1.29, 1.82) is 0 Å². The molecule has 138 valence electrons. The second-order valence-corrected chi connectivity index (χ2v) is 7.44. The minimum absolute atomic E-state index is 0.409. The van der Waals surface area contributed by atoms with E-state index in [0.717, 1.165) is 41.2 Å². The summed E-state index contributed by atoms with van der Waals surface area (Å²) >= 11 is 0. The molecule has 1 aliphatic rings. The first-order chi connectivity index (χ1) is 12.3. The van der Waals surface area contributed by atoms with Crippen molar-refractivity contribution in [1.82, 2.24) is 4.90 Å². The lowest BCUT2D eigenvalue weighted by Crippen LogP contribution is -2.55. The van der Waals surface area contributed by atoms with Gasteiger partial charge in [0.2, 0.25) is 5.91 Å². The van der Waals surface area contributed by atoms with Gasteiger partial charge in [-0.05, 0) is 68.8 Å². The molecule has 1 aliphatic heterocycles. The molecule has 0 bridgehead atoms. The van der Waals surface area contributed by atoms with Crippen molar-refractivity contribution in [2.45, 2.75) is 32.9 Å². The van der Waals surface area contributed by atoms with Crippen LogP contribution in [-0.4, -0.2) is 43.0 Å². The summed E-state index contributed by atoms with van der Waals surface area (Å²) in [4.78, 5) is 16.1. The summed E-state index contributed by atoms with van der Waals surface area (Å²) in [5, 5.41) is 0. The number of nitrogens with zero attached hydrogens (tertiary/aromatic N) is 2. The van der Waals surface area contributed by atoms with Gasteiger partial charge in [0.15, 0.2) is 0 Å². The number of likely N-dealkylation sites (N-methyl/N-ethyl adjacent to an activating group) is 1. The second-order valence-electron chi connectivity index (χ2n) is 7.44. The molecule has 2 atom stereocenters. The van der Waals surface area contributed by atoms with Gasteiger partial charge in [-0.2, -0.15) is 0 Å². The lowest BCUT2D eigenvalue weighted by atomic mass is 9.97. The van der Waals surface area contributed by atoms with Crippen LogP contribution in [0.5, 0.6) is 0 Å². The fourth-order valence-corrected chi connectivity index (χ4v) is 3.75. The van der Waals surface area contributed by atoms with Crippen LogP contribution in [-0.2, 0) is 0 Å². The third-order valence-corrected chi connectivity index (χ3v) is 5.55. The molecule has 2 aromatic carbocycles. The van der Waals surface area contributed by atoms with Gasteiger partial charge in [0.05, 0.1) is 11.4 Å². The Labute approximate surface area is 155 Å². The van der Waals surface area contributed by atoms with Crippen LogP contribution >= 0.6 is 0 Å². The van der Waals surface area contributed by atoms with E-state index in [1.165, 1.54) is 0 Å². The highest BCUT2D eigenvalue weighted by Gasteiger charge is 2.27. The molecule has 0 radical (unpaired) electrons. The highest BCUT2D eigenvalue weighted by molar-refractivity contribution is 5.94. The Kier molecular flexibility index (Phi) is 4.92. The van der Waals surface area contributed by atoms with E-state index in [1.807, 2.05) is 25.1 Å². The number of hydrogen-bond donors (Lipinski definition) is 2. The van der Waals surface area contributed by atoms with Gasteiger partial charge < -0.3 is 16.4 Å². The molecule has 0 aliphatic carbocycles. The number of anilines is 2. The summed E-state index contributed by atoms with van der Waals surface area (Å²) in [6, 6.07) is 12.7. The molecular formula is C21H28N4O. The molecule has 26 heavy (non-hydrogen) atoms. The van der Waals surface area contributed by atoms with E-state index in [-0.39, 0.29) is 0 Å². The van der Waals surface area contributed by atoms with Gasteiger partial charge in [-0.1, -0.05) is 12.1 Å². The Hall–Kier alpha value is -2.53. The molecule has 1 saturated heterocycles. The maximum absolute atomic E-state index is 11.3. The van der Waals surface area contributed by atoms with Crippen LogP contribution in [0.25, 0.3) is 11.1 Å². The van der Waals surface area contributed by atoms with E-state index in [2.05, 4.69) is 42.8 Å². The molecule has 5 heteroatoms. The smallest absolute Gasteiger partial charge is 0.248 e. The Morgan fingerprint density at radius 3 is 2.27 bits per heavy atom. The number of amides is 1. The minimum atomic E-state index is -0.409. The molecule has 0 saturated carbocycles. The zero-order valence-corrected chi connectivity index (χ0v) is 16.0. The van der Waals surface area contributed by atoms with Crippen molar-refractivity contribution in [2.24, 2.45) is 5.73 Å². The van der Waals surface area contributed by atoms with Crippen molar-refractivity contribution in [3.63, 3.8) is 0 Å². The fourth-order valence-electron chi connectivity index (χ4n) is 3.75. The maximum atomic E-state index is 11.3. The minimum Gasteiger partial charge on any atom is -0.397 e. The van der Waals surface area contributed by atoms with E-state index in [0.29, 0.717) is 17.6 Å². The molecule has 4 N–H and O–H groups in total. The number of primary amides is 1. The van der Waals surface area contributed by atoms with Crippen molar-refractivity contribution in [3.8, 4) is 11.1 Å². The highest BCUT2D eigenvalue weighted by Crippen LogP contribution is 2.33. The maximum Gasteiger partial charge on any atom is 0.248 e. The van der Waals surface area contributed by atoms with Crippen molar-refractivity contribution in [2.75, 3.05) is 30.8 Å². The highest BCUT2D eigenvalue weighted by atomic mass is 16.1. The van der Waals surface area contributed by atoms with Crippen LogP contribution < -0.4 is 16.4 Å². The molecule has 5 nitrogen and oxygen atoms in total. The van der Waals surface area contributed by atoms with Crippen LogP contribution in [0.2, 0.25) is 0 Å². The van der Waals surface area contributed by atoms with Crippen LogP contribution in [0.15, 0.2) is 36.4 Å². The normalized spacial score (nSPS) is 21.0. The monoisotopic (exact) mass is 352 g/mol. The number of benzene rings is 2. The largest absolute Gasteiger partial charge is 0.397 e. The van der Waals surface area contributed by atoms with Crippen molar-refractivity contribution < 1.29 is 4.79 Å². The predicted molar refractivity (Wildman–Crippen MR) is 108 cm³/mol. The lowest BCUT2D eigenvalue weighted by molar-refractivity contribution is 0.1000. The van der Waals surface area contributed by atoms with Crippen LogP contribution in [0.3, 0.4) is 0 Å². The van der Waals surface area contributed by atoms with Crippen LogP contribution in [0.4, 0.5) is 11.4 Å². The van der Waals surface area contributed by atoms with Gasteiger partial charge in [-0.25, -0.2) is 0 Å². The summed E-state index contributed by atoms with van der Waals surface area (Å²) in [5.74, 6) is -0.409. The SMILES string of the molecule is Cc1cc(C(N)=O)ccc1-c1ccc(N2CC(C)N(C)C(C)C2)c(N)c1. The summed E-state index contributed by atoms with van der Waals surface area (Å²) in [6.07, 6.45) is 0. The number of piperazine rings is 1. The van der Waals surface area contributed by atoms with Gasteiger partial charge in [0, 0.05) is 30.7 Å². The Balaban J connectivity index is 1.90. The van der Waals surface area contributed by atoms with Gasteiger partial charge in [-0.3, -0.25) is 9.69 Å². The van der Waals surface area contributed by atoms with E-state index in [4.69, 9.17) is 11.5 Å². The Morgan fingerprint density at radius 1 is 1.08 bits per heavy atom. The van der Waals surface area contributed by atoms with E-state index >= 15 is 0 Å². The number of carbonyl (C=O) groups excluding carboxylic acids is 1. The number of rotatable bonds is 3. The Morgan fingerprint density at radius 2 is 1.73 bits per heavy atom. The van der Waals surface area contributed by atoms with E-state index in [1.54, 1.807) is 6.07 Å². The first-order valence-corrected chi connectivity index (χ1v) is 9.05. The summed E-state index contributed by atoms with van der Waals surface area (Å²) in [5.41, 5.74) is 17.3. The quantitative estimate of drug-likeness (QED) is 0.833. The van der Waals surface area contributed by atoms with Crippen molar-refractivity contribution >= 4 is 17.3 Å². The average Bonchev–Trinajstić information content (AvgIpc) is 2.59. The zero-order valence-electron chi connectivity index (χ0n) is 16.0. The molecule has 2 aromatic rings. The fraction of sp³-hybridized carbons (Fsp3) is 0.381. The number of hydrogen-bond acceptors (Lipinski definition) is 4. The molecular weight excluding hydrogens is 324 g/mol. The van der Waals surface area contributed by atoms with Crippen LogP contribution in [0, 0.1) is 6.92 Å². The zero-order chi connectivity index (χ0) is 19.0. The summed E-state index contributed by atoms with van der Waals surface area (Å²) in [7, 11) is 2.18. The third-order valence-electron chi connectivity index (χ3n) is 5.55. The topological polar surface area (TPSA) is 75.6 Å². The Bertz CT molecular complexity index is 821. The predicted octanol–water partition coefficient (Wildman–Crippen LogP) is 2.87. The van der Waals surface area contributed by atoms with Crippen LogP contribution in [0.1, 0.15) is 29.8 Å². The molecule has 1 amide bonds. The molecule has 0 spiro atoms. The second kappa shape index (κ2) is 7.00. The molecule has 3 rings (SSSR count). The molecule has 0 aromatic heterocycles. The standard InChI is InChI=1S/C21H28N4O/c1-13-9-17(21(23)26)5-7-18(13)16-6-8-20(19(22)10-16)25-11-14(2)24(4)15(3)12-25/h5-10,14-15H,11-12,22H2,1-4H3,(H2,23,26). The first kappa shape index (κ1) is 18.3. The van der Waals surface area contributed by atoms with Gasteiger partial charge in [0.25, 0.3) is 0 Å². The number of carbonyl (C=O) groups is 1. The number of nitrogens with two attached hydrogens (primary N) is 2. The summed E-state index contributed by atoms with van der Waals surface area (Å²) < 4.78 is 0.